The standard InChI is InChI=1S/C21H22FN3OS/c1-25(2)13-5-12-23-21(26)18-14-20(24-19-7-4-3-6-17(18)19)27-16-10-8-15(22)9-11-16/h3-4,6-11,14H,5,12-13H2,1-2H3,(H,23,26). The first-order chi connectivity index (χ1) is 13.0. The van der Waals surface area contributed by atoms with Gasteiger partial charge in [0.15, 0.2) is 0 Å². The summed E-state index contributed by atoms with van der Waals surface area (Å²) in [5.74, 6) is -0.378. The van der Waals surface area contributed by atoms with Gasteiger partial charge < -0.3 is 10.2 Å². The van der Waals surface area contributed by atoms with E-state index in [1.807, 2.05) is 38.4 Å². The van der Waals surface area contributed by atoms with Crippen molar-refractivity contribution in [2.75, 3.05) is 27.2 Å². The summed E-state index contributed by atoms with van der Waals surface area (Å²) in [5.41, 5.74) is 1.37. The van der Waals surface area contributed by atoms with E-state index in [4.69, 9.17) is 0 Å². The Bertz CT molecular complexity index is 928. The van der Waals surface area contributed by atoms with E-state index >= 15 is 0 Å². The Morgan fingerprint density at radius 2 is 1.89 bits per heavy atom. The molecule has 3 rings (SSSR count). The molecule has 0 unspecified atom stereocenters. The highest BCUT2D eigenvalue weighted by Crippen LogP contribution is 2.29. The summed E-state index contributed by atoms with van der Waals surface area (Å²) in [4.78, 5) is 20.3. The lowest BCUT2D eigenvalue weighted by Crippen LogP contribution is -2.27. The van der Waals surface area contributed by atoms with Gasteiger partial charge in [-0.1, -0.05) is 30.0 Å². The molecule has 0 saturated carbocycles. The van der Waals surface area contributed by atoms with Crippen molar-refractivity contribution in [1.29, 1.82) is 0 Å². The Balaban J connectivity index is 1.84. The molecule has 0 fully saturated rings. The molecule has 1 amide bonds. The van der Waals surface area contributed by atoms with Gasteiger partial charge in [-0.2, -0.15) is 0 Å². The average Bonchev–Trinajstić information content (AvgIpc) is 2.66. The largest absolute Gasteiger partial charge is 0.352 e. The van der Waals surface area contributed by atoms with Gasteiger partial charge in [0.2, 0.25) is 0 Å². The average molecular weight is 383 g/mol. The highest BCUT2D eigenvalue weighted by atomic mass is 32.2. The Morgan fingerprint density at radius 3 is 2.63 bits per heavy atom. The highest BCUT2D eigenvalue weighted by Gasteiger charge is 2.13. The second-order valence-corrected chi connectivity index (χ2v) is 7.59. The van der Waals surface area contributed by atoms with Gasteiger partial charge in [0.05, 0.1) is 11.1 Å². The van der Waals surface area contributed by atoms with Gasteiger partial charge in [0, 0.05) is 16.8 Å². The maximum absolute atomic E-state index is 13.1. The van der Waals surface area contributed by atoms with Gasteiger partial charge >= 0.3 is 0 Å². The van der Waals surface area contributed by atoms with E-state index in [-0.39, 0.29) is 11.7 Å². The van der Waals surface area contributed by atoms with Crippen molar-refractivity contribution in [1.82, 2.24) is 15.2 Å². The van der Waals surface area contributed by atoms with Crippen LogP contribution in [0.15, 0.2) is 64.5 Å². The van der Waals surface area contributed by atoms with E-state index in [1.165, 1.54) is 23.9 Å². The van der Waals surface area contributed by atoms with E-state index in [0.29, 0.717) is 17.1 Å². The molecule has 140 valence electrons. The topological polar surface area (TPSA) is 45.2 Å². The van der Waals surface area contributed by atoms with E-state index in [2.05, 4.69) is 15.2 Å². The molecule has 0 radical (unpaired) electrons. The number of pyridine rings is 1. The van der Waals surface area contributed by atoms with Crippen molar-refractivity contribution < 1.29 is 9.18 Å². The number of carbonyl (C=O) groups excluding carboxylic acids is 1. The number of rotatable bonds is 7. The van der Waals surface area contributed by atoms with Gasteiger partial charge in [0.25, 0.3) is 5.91 Å². The van der Waals surface area contributed by atoms with Crippen LogP contribution in [-0.2, 0) is 0 Å². The van der Waals surface area contributed by atoms with Crippen LogP contribution in [0.2, 0.25) is 0 Å². The molecule has 0 bridgehead atoms. The zero-order valence-corrected chi connectivity index (χ0v) is 16.2. The molecule has 1 N–H and O–H groups in total. The first-order valence-electron chi connectivity index (χ1n) is 8.79. The third kappa shape index (κ3) is 5.28. The summed E-state index contributed by atoms with van der Waals surface area (Å²) in [7, 11) is 4.02. The normalized spacial score (nSPS) is 11.1. The molecule has 1 aromatic heterocycles. The number of benzene rings is 2. The number of aromatic nitrogens is 1. The van der Waals surface area contributed by atoms with Crippen molar-refractivity contribution in [2.24, 2.45) is 0 Å². The molecule has 27 heavy (non-hydrogen) atoms. The first kappa shape index (κ1) is 19.3. The van der Waals surface area contributed by atoms with Crippen LogP contribution in [0.5, 0.6) is 0 Å². The Labute approximate surface area is 162 Å². The van der Waals surface area contributed by atoms with Gasteiger partial charge in [0.1, 0.15) is 10.8 Å². The lowest BCUT2D eigenvalue weighted by Gasteiger charge is -2.12. The molecule has 0 saturated heterocycles. The molecule has 0 aliphatic heterocycles. The Hall–Kier alpha value is -2.44. The van der Waals surface area contributed by atoms with Crippen LogP contribution in [0.3, 0.4) is 0 Å². The highest BCUT2D eigenvalue weighted by molar-refractivity contribution is 7.99. The quantitative estimate of drug-likeness (QED) is 0.621. The van der Waals surface area contributed by atoms with Gasteiger partial charge in [-0.3, -0.25) is 4.79 Å². The molecule has 0 aliphatic rings. The fourth-order valence-corrected chi connectivity index (χ4v) is 3.54. The number of hydrogen-bond donors (Lipinski definition) is 1. The molecule has 0 aliphatic carbocycles. The van der Waals surface area contributed by atoms with Gasteiger partial charge in [-0.05, 0) is 63.5 Å². The van der Waals surface area contributed by atoms with E-state index in [0.717, 1.165) is 28.8 Å². The van der Waals surface area contributed by atoms with Crippen LogP contribution in [0.1, 0.15) is 16.8 Å². The lowest BCUT2D eigenvalue weighted by molar-refractivity contribution is 0.0953. The predicted molar refractivity (Wildman–Crippen MR) is 108 cm³/mol. The molecular weight excluding hydrogens is 361 g/mol. The minimum atomic E-state index is -0.274. The summed E-state index contributed by atoms with van der Waals surface area (Å²) in [6.45, 7) is 1.54. The molecule has 1 heterocycles. The predicted octanol–water partition coefficient (Wildman–Crippen LogP) is 4.21. The SMILES string of the molecule is CN(C)CCCNC(=O)c1cc(Sc2ccc(F)cc2)nc2ccccc12. The fourth-order valence-electron chi connectivity index (χ4n) is 2.71. The molecule has 0 spiro atoms. The second kappa shape index (κ2) is 8.97. The smallest absolute Gasteiger partial charge is 0.252 e. The maximum atomic E-state index is 13.1. The Kier molecular flexibility index (Phi) is 6.42. The van der Waals surface area contributed by atoms with Crippen LogP contribution >= 0.6 is 11.8 Å². The number of para-hydroxylation sites is 1. The number of hydrogen-bond acceptors (Lipinski definition) is 4. The molecule has 3 aromatic rings. The van der Waals surface area contributed by atoms with Crippen molar-refractivity contribution in [3.8, 4) is 0 Å². The summed E-state index contributed by atoms with van der Waals surface area (Å²) >= 11 is 1.41. The minimum absolute atomic E-state index is 0.103. The molecule has 2 aromatic carbocycles. The number of nitrogens with one attached hydrogen (secondary N) is 1. The molecule has 0 atom stereocenters. The summed E-state index contributed by atoms with van der Waals surface area (Å²) in [6, 6.07) is 15.7. The molecule has 6 heteroatoms. The minimum Gasteiger partial charge on any atom is -0.352 e. The monoisotopic (exact) mass is 383 g/mol. The summed E-state index contributed by atoms with van der Waals surface area (Å²) < 4.78 is 13.1. The van der Waals surface area contributed by atoms with Crippen LogP contribution in [-0.4, -0.2) is 43.0 Å². The molecular formula is C21H22FN3OS. The van der Waals surface area contributed by atoms with E-state index < -0.39 is 0 Å². The number of fused-ring (bicyclic) bond motifs is 1. The zero-order chi connectivity index (χ0) is 19.2. The van der Waals surface area contributed by atoms with Gasteiger partial charge in [-0.25, -0.2) is 9.37 Å². The summed E-state index contributed by atoms with van der Waals surface area (Å²) in [6.07, 6.45) is 0.888. The number of carbonyl (C=O) groups is 1. The lowest BCUT2D eigenvalue weighted by atomic mass is 10.1. The number of amides is 1. The van der Waals surface area contributed by atoms with Crippen LogP contribution < -0.4 is 5.32 Å². The van der Waals surface area contributed by atoms with Crippen LogP contribution in [0.4, 0.5) is 4.39 Å². The van der Waals surface area contributed by atoms with Crippen molar-refractivity contribution in [3.63, 3.8) is 0 Å². The summed E-state index contributed by atoms with van der Waals surface area (Å²) in [5, 5.41) is 4.53. The Morgan fingerprint density at radius 1 is 1.15 bits per heavy atom. The van der Waals surface area contributed by atoms with Crippen LogP contribution in [0, 0.1) is 5.82 Å². The van der Waals surface area contributed by atoms with E-state index in [1.54, 1.807) is 18.2 Å². The molecule has 4 nitrogen and oxygen atoms in total. The maximum Gasteiger partial charge on any atom is 0.252 e. The first-order valence-corrected chi connectivity index (χ1v) is 9.61. The van der Waals surface area contributed by atoms with Crippen molar-refractivity contribution in [2.45, 2.75) is 16.3 Å². The van der Waals surface area contributed by atoms with Crippen LogP contribution in [0.25, 0.3) is 10.9 Å². The fraction of sp³-hybridized carbons (Fsp3) is 0.238. The van der Waals surface area contributed by atoms with Gasteiger partial charge in [-0.15, -0.1) is 0 Å². The number of halogens is 1. The van der Waals surface area contributed by atoms with Crippen molar-refractivity contribution in [3.05, 3.63) is 66.0 Å². The van der Waals surface area contributed by atoms with Crippen molar-refractivity contribution >= 4 is 28.6 Å². The second-order valence-electron chi connectivity index (χ2n) is 6.49. The third-order valence-corrected chi connectivity index (χ3v) is 4.97. The van der Waals surface area contributed by atoms with E-state index in [9.17, 15) is 9.18 Å². The number of nitrogens with zero attached hydrogens (tertiary/aromatic N) is 2. The third-order valence-electron chi connectivity index (χ3n) is 4.04. The zero-order valence-electron chi connectivity index (χ0n) is 15.4.